The molecule has 2 rings (SSSR count). The lowest BCUT2D eigenvalue weighted by Crippen LogP contribution is -1.89. The molecule has 84 valence electrons. The van der Waals surface area contributed by atoms with E-state index in [0.29, 0.717) is 5.92 Å². The van der Waals surface area contributed by atoms with Gasteiger partial charge in [-0.05, 0) is 25.3 Å². The summed E-state index contributed by atoms with van der Waals surface area (Å²) < 4.78 is 0. The first-order valence-electron chi connectivity index (χ1n) is 5.70. The lowest BCUT2D eigenvalue weighted by atomic mass is 10.1. The molecule has 1 aromatic carbocycles. The summed E-state index contributed by atoms with van der Waals surface area (Å²) in [6, 6.07) is 6.44. The lowest BCUT2D eigenvalue weighted by molar-refractivity contribution is 0.833. The van der Waals surface area contributed by atoms with Gasteiger partial charge < -0.3 is 4.98 Å². The number of imidazole rings is 1. The summed E-state index contributed by atoms with van der Waals surface area (Å²) in [6.45, 7) is 8.57. The molecule has 0 aliphatic rings. The van der Waals surface area contributed by atoms with Gasteiger partial charge in [-0.15, -0.1) is 0 Å². The summed E-state index contributed by atoms with van der Waals surface area (Å²) in [5, 5.41) is 0. The van der Waals surface area contributed by atoms with Crippen LogP contribution in [0.15, 0.2) is 24.4 Å². The van der Waals surface area contributed by atoms with Crippen molar-refractivity contribution >= 4 is 0 Å². The Morgan fingerprint density at radius 1 is 1.19 bits per heavy atom. The highest BCUT2D eigenvalue weighted by atomic mass is 14.9. The molecule has 0 aliphatic carbocycles. The highest BCUT2D eigenvalue weighted by Crippen LogP contribution is 2.23. The van der Waals surface area contributed by atoms with E-state index in [0.717, 1.165) is 5.82 Å². The molecule has 0 aliphatic heterocycles. The van der Waals surface area contributed by atoms with E-state index in [9.17, 15) is 0 Å². The van der Waals surface area contributed by atoms with E-state index in [4.69, 9.17) is 0 Å². The smallest absolute Gasteiger partial charge is 0.137 e. The molecule has 0 fully saturated rings. The number of aromatic nitrogens is 2. The van der Waals surface area contributed by atoms with Crippen LogP contribution in [-0.4, -0.2) is 9.97 Å². The molecule has 0 saturated heterocycles. The molecular formula is C14H18N2. The molecular weight excluding hydrogens is 196 g/mol. The molecule has 2 nitrogen and oxygen atoms in total. The number of hydrogen-bond acceptors (Lipinski definition) is 1. The fourth-order valence-corrected chi connectivity index (χ4v) is 1.84. The lowest BCUT2D eigenvalue weighted by Gasteiger charge is -2.04. The second kappa shape index (κ2) is 4.12. The Morgan fingerprint density at radius 2 is 1.94 bits per heavy atom. The van der Waals surface area contributed by atoms with Gasteiger partial charge in [0.2, 0.25) is 0 Å². The summed E-state index contributed by atoms with van der Waals surface area (Å²) in [6.07, 6.45) is 1.93. The van der Waals surface area contributed by atoms with E-state index in [1.807, 2.05) is 6.20 Å². The van der Waals surface area contributed by atoms with Crippen LogP contribution in [0.4, 0.5) is 0 Å². The van der Waals surface area contributed by atoms with Crippen LogP contribution in [0.3, 0.4) is 0 Å². The molecule has 0 radical (unpaired) electrons. The number of aryl methyl sites for hydroxylation is 2. The number of benzene rings is 1. The largest absolute Gasteiger partial charge is 0.342 e. The predicted molar refractivity (Wildman–Crippen MR) is 67.6 cm³/mol. The number of rotatable bonds is 2. The predicted octanol–water partition coefficient (Wildman–Crippen LogP) is 3.82. The SMILES string of the molecule is Cc1ccc(-c2ncc(C(C)C)[nH]2)c(C)c1. The Hall–Kier alpha value is -1.57. The second-order valence-corrected chi connectivity index (χ2v) is 4.66. The van der Waals surface area contributed by atoms with Crippen molar-refractivity contribution in [2.24, 2.45) is 0 Å². The number of nitrogens with one attached hydrogen (secondary N) is 1. The average molecular weight is 214 g/mol. The molecule has 0 unspecified atom stereocenters. The van der Waals surface area contributed by atoms with Gasteiger partial charge in [0.25, 0.3) is 0 Å². The van der Waals surface area contributed by atoms with Crippen LogP contribution in [0.2, 0.25) is 0 Å². The molecule has 0 amide bonds. The monoisotopic (exact) mass is 214 g/mol. The average Bonchev–Trinajstić information content (AvgIpc) is 2.66. The molecule has 0 spiro atoms. The molecule has 1 aromatic heterocycles. The zero-order valence-electron chi connectivity index (χ0n) is 10.3. The molecule has 0 saturated carbocycles. The molecule has 0 bridgehead atoms. The van der Waals surface area contributed by atoms with Gasteiger partial charge in [-0.1, -0.05) is 37.6 Å². The standard InChI is InChI=1S/C14H18N2/c1-9(2)13-8-15-14(16-13)12-6-5-10(3)7-11(12)4/h5-9H,1-4H3,(H,15,16). The van der Waals surface area contributed by atoms with Crippen molar-refractivity contribution in [2.75, 3.05) is 0 Å². The third-order valence-electron chi connectivity index (χ3n) is 2.85. The van der Waals surface area contributed by atoms with Crippen molar-refractivity contribution in [3.8, 4) is 11.4 Å². The van der Waals surface area contributed by atoms with E-state index in [1.165, 1.54) is 22.4 Å². The fraction of sp³-hybridized carbons (Fsp3) is 0.357. The third kappa shape index (κ3) is 2.01. The van der Waals surface area contributed by atoms with Gasteiger partial charge in [0, 0.05) is 17.5 Å². The van der Waals surface area contributed by atoms with Crippen molar-refractivity contribution in [3.05, 3.63) is 41.2 Å². The first kappa shape index (κ1) is 10.9. The minimum Gasteiger partial charge on any atom is -0.342 e. The van der Waals surface area contributed by atoms with Crippen LogP contribution in [0.1, 0.15) is 36.6 Å². The van der Waals surface area contributed by atoms with E-state index >= 15 is 0 Å². The third-order valence-corrected chi connectivity index (χ3v) is 2.85. The molecule has 0 atom stereocenters. The number of H-pyrrole nitrogens is 1. The zero-order chi connectivity index (χ0) is 11.7. The highest BCUT2D eigenvalue weighted by Gasteiger charge is 2.08. The van der Waals surface area contributed by atoms with E-state index in [1.54, 1.807) is 0 Å². The normalized spacial score (nSPS) is 11.1. The van der Waals surface area contributed by atoms with E-state index in [2.05, 4.69) is 55.9 Å². The van der Waals surface area contributed by atoms with Crippen LogP contribution in [0, 0.1) is 13.8 Å². The minimum atomic E-state index is 0.493. The maximum Gasteiger partial charge on any atom is 0.137 e. The Balaban J connectivity index is 2.42. The maximum atomic E-state index is 4.44. The van der Waals surface area contributed by atoms with Gasteiger partial charge in [-0.2, -0.15) is 0 Å². The maximum absolute atomic E-state index is 4.44. The van der Waals surface area contributed by atoms with Crippen molar-refractivity contribution in [3.63, 3.8) is 0 Å². The fourth-order valence-electron chi connectivity index (χ4n) is 1.84. The summed E-state index contributed by atoms with van der Waals surface area (Å²) >= 11 is 0. The van der Waals surface area contributed by atoms with Crippen LogP contribution >= 0.6 is 0 Å². The molecule has 1 N–H and O–H groups in total. The number of hydrogen-bond donors (Lipinski definition) is 1. The summed E-state index contributed by atoms with van der Waals surface area (Å²) in [4.78, 5) is 7.82. The first-order valence-corrected chi connectivity index (χ1v) is 5.70. The zero-order valence-corrected chi connectivity index (χ0v) is 10.3. The molecule has 16 heavy (non-hydrogen) atoms. The Labute approximate surface area is 96.7 Å². The topological polar surface area (TPSA) is 28.7 Å². The van der Waals surface area contributed by atoms with Crippen LogP contribution in [-0.2, 0) is 0 Å². The second-order valence-electron chi connectivity index (χ2n) is 4.66. The van der Waals surface area contributed by atoms with Crippen LogP contribution < -0.4 is 0 Å². The van der Waals surface area contributed by atoms with Crippen molar-refractivity contribution < 1.29 is 0 Å². The van der Waals surface area contributed by atoms with Crippen molar-refractivity contribution in [1.82, 2.24) is 9.97 Å². The van der Waals surface area contributed by atoms with Crippen LogP contribution in [0.5, 0.6) is 0 Å². The number of aromatic amines is 1. The molecule has 2 heteroatoms. The molecule has 2 aromatic rings. The summed E-state index contributed by atoms with van der Waals surface area (Å²) in [7, 11) is 0. The van der Waals surface area contributed by atoms with E-state index in [-0.39, 0.29) is 0 Å². The van der Waals surface area contributed by atoms with Crippen molar-refractivity contribution in [1.29, 1.82) is 0 Å². The van der Waals surface area contributed by atoms with Gasteiger partial charge >= 0.3 is 0 Å². The van der Waals surface area contributed by atoms with Crippen LogP contribution in [0.25, 0.3) is 11.4 Å². The Bertz CT molecular complexity index is 495. The van der Waals surface area contributed by atoms with Crippen molar-refractivity contribution in [2.45, 2.75) is 33.6 Å². The van der Waals surface area contributed by atoms with Gasteiger partial charge in [0.1, 0.15) is 5.82 Å². The Morgan fingerprint density at radius 3 is 2.50 bits per heavy atom. The summed E-state index contributed by atoms with van der Waals surface area (Å²) in [5.41, 5.74) is 4.94. The number of nitrogens with zero attached hydrogens (tertiary/aromatic N) is 1. The molecule has 1 heterocycles. The van der Waals surface area contributed by atoms with E-state index < -0.39 is 0 Å². The minimum absolute atomic E-state index is 0.493. The van der Waals surface area contributed by atoms with Gasteiger partial charge in [0.15, 0.2) is 0 Å². The van der Waals surface area contributed by atoms with Gasteiger partial charge in [-0.3, -0.25) is 0 Å². The van der Waals surface area contributed by atoms with Gasteiger partial charge in [0.05, 0.1) is 0 Å². The Kier molecular flexibility index (Phi) is 2.82. The summed E-state index contributed by atoms with van der Waals surface area (Å²) in [5.74, 6) is 1.47. The first-order chi connectivity index (χ1) is 7.58. The highest BCUT2D eigenvalue weighted by molar-refractivity contribution is 5.60. The van der Waals surface area contributed by atoms with Gasteiger partial charge in [-0.25, -0.2) is 4.98 Å². The quantitative estimate of drug-likeness (QED) is 0.809.